The van der Waals surface area contributed by atoms with Gasteiger partial charge >= 0.3 is 6.01 Å². The minimum Gasteiger partial charge on any atom is -0.493 e. The number of nitrogens with zero attached hydrogens (tertiary/aromatic N) is 5. The van der Waals surface area contributed by atoms with Crippen LogP contribution in [-0.2, 0) is 0 Å². The number of halogens is 1. The second-order valence-electron chi connectivity index (χ2n) is 9.66. The van der Waals surface area contributed by atoms with Crippen LogP contribution in [0.3, 0.4) is 0 Å². The van der Waals surface area contributed by atoms with E-state index in [4.69, 9.17) is 31.0 Å². The lowest BCUT2D eigenvalue weighted by Gasteiger charge is -2.35. The van der Waals surface area contributed by atoms with Crippen LogP contribution in [0.2, 0.25) is 5.02 Å². The Labute approximate surface area is 200 Å². The zero-order chi connectivity index (χ0) is 22.9. The predicted octanol–water partition coefficient (Wildman–Crippen LogP) is 4.38. The van der Waals surface area contributed by atoms with Crippen LogP contribution in [0.25, 0.3) is 0 Å². The standard InChI is InChI=1S/C24H33ClN6O2/c1-30-11-9-17(10-12-30)31(2)23-27-22(26-19-6-4-5-18(25)21(19)32-3)28-24(29-23)33-20-14-15-7-8-16(20)13-15/h4-6,15-17,20H,7-14H2,1-3H3,(H,26,27,28,29). The minimum atomic E-state index is 0.196. The number of ether oxygens (including phenoxy) is 2. The summed E-state index contributed by atoms with van der Waals surface area (Å²) in [7, 11) is 5.83. The van der Waals surface area contributed by atoms with E-state index in [0.717, 1.165) is 38.3 Å². The first-order chi connectivity index (χ1) is 16.0. The molecule has 5 rings (SSSR count). The lowest BCUT2D eigenvalue weighted by Crippen LogP contribution is -2.42. The van der Waals surface area contributed by atoms with Gasteiger partial charge in [-0.2, -0.15) is 15.0 Å². The highest BCUT2D eigenvalue weighted by Gasteiger charge is 2.41. The third kappa shape index (κ3) is 4.82. The van der Waals surface area contributed by atoms with Crippen molar-refractivity contribution in [1.29, 1.82) is 0 Å². The molecule has 3 atom stereocenters. The van der Waals surface area contributed by atoms with Crippen molar-refractivity contribution >= 4 is 29.2 Å². The SMILES string of the molecule is COc1c(Cl)cccc1Nc1nc(OC2CC3CCC2C3)nc(N(C)C2CCN(C)CC2)n1. The fourth-order valence-electron chi connectivity index (χ4n) is 5.56. The van der Waals surface area contributed by atoms with Crippen molar-refractivity contribution in [2.45, 2.75) is 50.7 Å². The molecule has 2 aromatic rings. The molecule has 2 saturated carbocycles. The molecule has 1 aromatic heterocycles. The van der Waals surface area contributed by atoms with Crippen LogP contribution in [0, 0.1) is 11.8 Å². The molecule has 1 saturated heterocycles. The Morgan fingerprint density at radius 3 is 2.61 bits per heavy atom. The third-order valence-corrected chi connectivity index (χ3v) is 7.80. The van der Waals surface area contributed by atoms with Gasteiger partial charge in [-0.3, -0.25) is 0 Å². The highest BCUT2D eigenvalue weighted by molar-refractivity contribution is 6.32. The fraction of sp³-hybridized carbons (Fsp3) is 0.625. The van der Waals surface area contributed by atoms with Gasteiger partial charge in [0.2, 0.25) is 11.9 Å². The Morgan fingerprint density at radius 1 is 1.09 bits per heavy atom. The number of rotatable bonds is 7. The number of fused-ring (bicyclic) bond motifs is 2. The van der Waals surface area contributed by atoms with Crippen molar-refractivity contribution in [3.05, 3.63) is 23.2 Å². The molecule has 0 spiro atoms. The third-order valence-electron chi connectivity index (χ3n) is 7.50. The van der Waals surface area contributed by atoms with E-state index in [-0.39, 0.29) is 6.10 Å². The Bertz CT molecular complexity index is 983. The number of nitrogens with one attached hydrogen (secondary N) is 1. The average Bonchev–Trinajstić information content (AvgIpc) is 3.42. The number of para-hydroxylation sites is 1. The highest BCUT2D eigenvalue weighted by atomic mass is 35.5. The summed E-state index contributed by atoms with van der Waals surface area (Å²) >= 11 is 6.32. The van der Waals surface area contributed by atoms with Gasteiger partial charge in [-0.25, -0.2) is 0 Å². The maximum absolute atomic E-state index is 6.37. The normalized spacial score (nSPS) is 25.3. The van der Waals surface area contributed by atoms with E-state index in [1.54, 1.807) is 13.2 Å². The summed E-state index contributed by atoms with van der Waals surface area (Å²) in [6, 6.07) is 6.33. The molecule has 8 nitrogen and oxygen atoms in total. The van der Waals surface area contributed by atoms with Gasteiger partial charge in [0.05, 0.1) is 17.8 Å². The first kappa shape index (κ1) is 22.5. The number of likely N-dealkylation sites (tertiary alicyclic amines) is 1. The second kappa shape index (κ2) is 9.50. The number of anilines is 3. The number of methoxy groups -OCH3 is 1. The van der Waals surface area contributed by atoms with E-state index >= 15 is 0 Å². The summed E-state index contributed by atoms with van der Waals surface area (Å²) < 4.78 is 11.9. The molecule has 3 fully saturated rings. The Morgan fingerprint density at radius 2 is 1.91 bits per heavy atom. The van der Waals surface area contributed by atoms with Gasteiger partial charge in [0.1, 0.15) is 6.10 Å². The lowest BCUT2D eigenvalue weighted by atomic mass is 9.98. The first-order valence-corrected chi connectivity index (χ1v) is 12.3. The topological polar surface area (TPSA) is 75.6 Å². The summed E-state index contributed by atoms with van der Waals surface area (Å²) in [5.74, 6) is 3.02. The largest absolute Gasteiger partial charge is 0.493 e. The zero-order valence-electron chi connectivity index (χ0n) is 19.6. The van der Waals surface area contributed by atoms with Gasteiger partial charge in [-0.15, -0.1) is 0 Å². The number of aromatic nitrogens is 3. The number of hydrogen-bond donors (Lipinski definition) is 1. The molecule has 9 heteroatoms. The van der Waals surface area contributed by atoms with Crippen LogP contribution in [0.5, 0.6) is 11.8 Å². The van der Waals surface area contributed by atoms with Gasteiger partial charge in [-0.1, -0.05) is 17.7 Å². The minimum absolute atomic E-state index is 0.196. The molecule has 3 unspecified atom stereocenters. The van der Waals surface area contributed by atoms with Gasteiger partial charge in [0.25, 0.3) is 0 Å². The molecule has 1 aromatic carbocycles. The van der Waals surface area contributed by atoms with Gasteiger partial charge in [0, 0.05) is 13.1 Å². The van der Waals surface area contributed by atoms with Gasteiger partial charge < -0.3 is 24.6 Å². The van der Waals surface area contributed by atoms with E-state index in [9.17, 15) is 0 Å². The maximum Gasteiger partial charge on any atom is 0.323 e. The summed E-state index contributed by atoms with van der Waals surface area (Å²) in [5, 5.41) is 3.81. The van der Waals surface area contributed by atoms with Crippen molar-refractivity contribution in [3.63, 3.8) is 0 Å². The number of benzene rings is 1. The Hall–Kier alpha value is -2.32. The molecule has 2 heterocycles. The summed E-state index contributed by atoms with van der Waals surface area (Å²) in [5.41, 5.74) is 0.704. The monoisotopic (exact) mass is 472 g/mol. The predicted molar refractivity (Wildman–Crippen MR) is 130 cm³/mol. The fourth-order valence-corrected chi connectivity index (χ4v) is 5.81. The highest BCUT2D eigenvalue weighted by Crippen LogP contribution is 2.46. The van der Waals surface area contributed by atoms with E-state index in [2.05, 4.69) is 34.2 Å². The molecule has 2 aliphatic carbocycles. The molecule has 33 heavy (non-hydrogen) atoms. The van der Waals surface area contributed by atoms with Crippen molar-refractivity contribution in [1.82, 2.24) is 19.9 Å². The van der Waals surface area contributed by atoms with Crippen molar-refractivity contribution in [2.75, 3.05) is 44.5 Å². The molecule has 1 N–H and O–H groups in total. The molecular weight excluding hydrogens is 440 g/mol. The van der Waals surface area contributed by atoms with E-state index in [1.165, 1.54) is 19.3 Å². The molecule has 1 aliphatic heterocycles. The molecule has 0 amide bonds. The quantitative estimate of drug-likeness (QED) is 0.636. The smallest absolute Gasteiger partial charge is 0.323 e. The van der Waals surface area contributed by atoms with Crippen LogP contribution in [-0.4, -0.2) is 66.3 Å². The maximum atomic E-state index is 6.37. The van der Waals surface area contributed by atoms with Gasteiger partial charge in [0.15, 0.2) is 5.75 Å². The first-order valence-electron chi connectivity index (χ1n) is 11.9. The van der Waals surface area contributed by atoms with E-state index in [1.807, 2.05) is 12.1 Å². The lowest BCUT2D eigenvalue weighted by molar-refractivity contribution is 0.126. The van der Waals surface area contributed by atoms with Crippen LogP contribution >= 0.6 is 11.6 Å². The Kier molecular flexibility index (Phi) is 6.47. The Balaban J connectivity index is 1.43. The van der Waals surface area contributed by atoms with Crippen LogP contribution < -0.4 is 19.7 Å². The van der Waals surface area contributed by atoms with Gasteiger partial charge in [-0.05, 0) is 82.6 Å². The van der Waals surface area contributed by atoms with Crippen LogP contribution in [0.15, 0.2) is 18.2 Å². The molecule has 0 radical (unpaired) electrons. The van der Waals surface area contributed by atoms with Crippen molar-refractivity contribution in [3.8, 4) is 11.8 Å². The summed E-state index contributed by atoms with van der Waals surface area (Å²) in [6.07, 6.45) is 7.28. The molecule has 3 aliphatic rings. The number of hydrogen-bond acceptors (Lipinski definition) is 8. The summed E-state index contributed by atoms with van der Waals surface area (Å²) in [4.78, 5) is 18.7. The second-order valence-corrected chi connectivity index (χ2v) is 10.1. The van der Waals surface area contributed by atoms with E-state index < -0.39 is 0 Å². The molecule has 178 valence electrons. The zero-order valence-corrected chi connectivity index (χ0v) is 20.4. The average molecular weight is 473 g/mol. The van der Waals surface area contributed by atoms with Crippen LogP contribution in [0.1, 0.15) is 38.5 Å². The van der Waals surface area contributed by atoms with E-state index in [0.29, 0.717) is 46.3 Å². The molecule has 2 bridgehead atoms. The van der Waals surface area contributed by atoms with Crippen molar-refractivity contribution < 1.29 is 9.47 Å². The number of piperidine rings is 1. The summed E-state index contributed by atoms with van der Waals surface area (Å²) in [6.45, 7) is 2.14. The van der Waals surface area contributed by atoms with Crippen molar-refractivity contribution in [2.24, 2.45) is 11.8 Å². The molecular formula is C24H33ClN6O2. The van der Waals surface area contributed by atoms with Crippen LogP contribution in [0.4, 0.5) is 17.6 Å².